The lowest BCUT2D eigenvalue weighted by Gasteiger charge is -2.00. The van der Waals surface area contributed by atoms with Crippen molar-refractivity contribution in [3.8, 4) is 0 Å². The summed E-state index contributed by atoms with van der Waals surface area (Å²) in [5, 5.41) is 8.32. The molecule has 0 fully saturated rings. The number of hydrogen-bond donors (Lipinski definition) is 1. The van der Waals surface area contributed by atoms with E-state index in [0.717, 1.165) is 0 Å². The molecule has 0 spiro atoms. The van der Waals surface area contributed by atoms with E-state index in [1.54, 1.807) is 13.0 Å². The van der Waals surface area contributed by atoms with Crippen molar-refractivity contribution in [3.05, 3.63) is 35.1 Å². The molecule has 0 saturated heterocycles. The Labute approximate surface area is 80.2 Å². The van der Waals surface area contributed by atoms with Crippen molar-refractivity contribution in [2.24, 2.45) is 0 Å². The summed E-state index contributed by atoms with van der Waals surface area (Å²) in [6.45, 7) is 1.60. The highest BCUT2D eigenvalue weighted by molar-refractivity contribution is 6.33. The molecule has 0 amide bonds. The van der Waals surface area contributed by atoms with Crippen molar-refractivity contribution >= 4 is 11.8 Å². The summed E-state index contributed by atoms with van der Waals surface area (Å²) in [6.07, 6.45) is -0.271. The van der Waals surface area contributed by atoms with Gasteiger partial charge in [-0.1, -0.05) is 12.1 Å². The van der Waals surface area contributed by atoms with Crippen LogP contribution < -0.4 is 0 Å². The molecule has 0 unspecified atom stereocenters. The minimum atomic E-state index is -1.49. The summed E-state index contributed by atoms with van der Waals surface area (Å²) >= 11 is 0. The number of rotatable bonds is 3. The number of ketones is 1. The maximum absolute atomic E-state index is 13.0. The molecule has 1 aromatic carbocycles. The largest absolute Gasteiger partial charge is 0.475 e. The Kier molecular flexibility index (Phi) is 2.96. The molecule has 0 atom stereocenters. The SMILES string of the molecule is Cc1ccc(CC(=O)C(=O)O)cc1F. The fraction of sp³-hybridized carbons (Fsp3) is 0.200. The van der Waals surface area contributed by atoms with Gasteiger partial charge in [0.1, 0.15) is 5.82 Å². The number of hydrogen-bond acceptors (Lipinski definition) is 2. The van der Waals surface area contributed by atoms with Crippen LogP contribution in [-0.4, -0.2) is 16.9 Å². The molecule has 0 heterocycles. The van der Waals surface area contributed by atoms with Gasteiger partial charge in [-0.2, -0.15) is 0 Å². The number of halogens is 1. The van der Waals surface area contributed by atoms with Gasteiger partial charge in [-0.3, -0.25) is 4.79 Å². The molecule has 74 valence electrons. The summed E-state index contributed by atoms with van der Waals surface area (Å²) in [4.78, 5) is 21.0. The van der Waals surface area contributed by atoms with Crippen LogP contribution in [0.25, 0.3) is 0 Å². The molecule has 0 bridgehead atoms. The number of carbonyl (C=O) groups is 2. The fourth-order valence-electron chi connectivity index (χ4n) is 1.01. The molecule has 3 nitrogen and oxygen atoms in total. The number of aryl methyl sites for hydroxylation is 1. The van der Waals surface area contributed by atoms with Crippen molar-refractivity contribution in [2.45, 2.75) is 13.3 Å². The van der Waals surface area contributed by atoms with Crippen LogP contribution in [-0.2, 0) is 16.0 Å². The van der Waals surface area contributed by atoms with Crippen LogP contribution in [0.3, 0.4) is 0 Å². The Morgan fingerprint density at radius 3 is 2.57 bits per heavy atom. The topological polar surface area (TPSA) is 54.4 Å². The first kappa shape index (κ1) is 10.4. The molecule has 14 heavy (non-hydrogen) atoms. The van der Waals surface area contributed by atoms with Crippen molar-refractivity contribution in [1.82, 2.24) is 0 Å². The summed E-state index contributed by atoms with van der Waals surface area (Å²) in [5.41, 5.74) is 0.844. The summed E-state index contributed by atoms with van der Waals surface area (Å²) in [5.74, 6) is -2.86. The molecular formula is C10H9FO3. The highest BCUT2D eigenvalue weighted by Gasteiger charge is 2.12. The van der Waals surface area contributed by atoms with Crippen LogP contribution in [0.2, 0.25) is 0 Å². The van der Waals surface area contributed by atoms with Gasteiger partial charge >= 0.3 is 5.97 Å². The zero-order chi connectivity index (χ0) is 10.7. The van der Waals surface area contributed by atoms with E-state index >= 15 is 0 Å². The number of Topliss-reactive ketones (excluding diaryl/α,β-unsaturated/α-hetero) is 1. The maximum atomic E-state index is 13.0. The van der Waals surface area contributed by atoms with E-state index in [1.165, 1.54) is 12.1 Å². The number of carboxylic acids is 1. The highest BCUT2D eigenvalue weighted by atomic mass is 19.1. The smallest absolute Gasteiger partial charge is 0.372 e. The molecule has 0 radical (unpaired) electrons. The second-order valence-electron chi connectivity index (χ2n) is 2.99. The van der Waals surface area contributed by atoms with E-state index in [1.807, 2.05) is 0 Å². The zero-order valence-electron chi connectivity index (χ0n) is 7.58. The summed E-state index contributed by atoms with van der Waals surface area (Å²) in [6, 6.07) is 4.23. The van der Waals surface area contributed by atoms with Gasteiger partial charge in [0.2, 0.25) is 5.78 Å². The average Bonchev–Trinajstić information content (AvgIpc) is 2.11. The zero-order valence-corrected chi connectivity index (χ0v) is 7.58. The molecule has 0 aliphatic rings. The van der Waals surface area contributed by atoms with E-state index in [-0.39, 0.29) is 6.42 Å². The van der Waals surface area contributed by atoms with Gasteiger partial charge in [-0.05, 0) is 24.1 Å². The minimum absolute atomic E-state index is 0.271. The average molecular weight is 196 g/mol. The third-order valence-electron chi connectivity index (χ3n) is 1.84. The van der Waals surface area contributed by atoms with Crippen LogP contribution in [0.1, 0.15) is 11.1 Å². The van der Waals surface area contributed by atoms with Crippen LogP contribution in [0, 0.1) is 12.7 Å². The van der Waals surface area contributed by atoms with Crippen molar-refractivity contribution < 1.29 is 19.1 Å². The van der Waals surface area contributed by atoms with Crippen molar-refractivity contribution in [1.29, 1.82) is 0 Å². The Balaban J connectivity index is 2.83. The Hall–Kier alpha value is -1.71. The monoisotopic (exact) mass is 196 g/mol. The molecule has 0 aromatic heterocycles. The number of carbonyl (C=O) groups excluding carboxylic acids is 1. The number of aliphatic carboxylic acids is 1. The van der Waals surface area contributed by atoms with Gasteiger partial charge in [0.25, 0.3) is 0 Å². The molecule has 4 heteroatoms. The summed E-state index contributed by atoms with van der Waals surface area (Å²) in [7, 11) is 0. The molecule has 1 N–H and O–H groups in total. The second kappa shape index (κ2) is 4.00. The summed E-state index contributed by atoms with van der Waals surface area (Å²) < 4.78 is 13.0. The molecular weight excluding hydrogens is 187 g/mol. The van der Waals surface area contributed by atoms with Gasteiger partial charge in [0, 0.05) is 6.42 Å². The normalized spacial score (nSPS) is 9.86. The first-order chi connectivity index (χ1) is 6.50. The quantitative estimate of drug-likeness (QED) is 0.742. The third-order valence-corrected chi connectivity index (χ3v) is 1.84. The predicted molar refractivity (Wildman–Crippen MR) is 47.5 cm³/mol. The van der Waals surface area contributed by atoms with E-state index in [0.29, 0.717) is 11.1 Å². The van der Waals surface area contributed by atoms with Crippen LogP contribution in [0.4, 0.5) is 4.39 Å². The Morgan fingerprint density at radius 1 is 1.43 bits per heavy atom. The standard InChI is InChI=1S/C10H9FO3/c1-6-2-3-7(4-8(6)11)5-9(12)10(13)14/h2-4H,5H2,1H3,(H,13,14). The van der Waals surface area contributed by atoms with Crippen LogP contribution in [0.5, 0.6) is 0 Å². The van der Waals surface area contributed by atoms with Gasteiger partial charge in [0.15, 0.2) is 0 Å². The van der Waals surface area contributed by atoms with Gasteiger partial charge < -0.3 is 5.11 Å². The third kappa shape index (κ3) is 2.39. The molecule has 0 saturated carbocycles. The predicted octanol–water partition coefficient (Wildman–Crippen LogP) is 1.33. The lowest BCUT2D eigenvalue weighted by atomic mass is 10.1. The first-order valence-corrected chi connectivity index (χ1v) is 4.02. The van der Waals surface area contributed by atoms with E-state index in [2.05, 4.69) is 0 Å². The van der Waals surface area contributed by atoms with Gasteiger partial charge in [-0.15, -0.1) is 0 Å². The van der Waals surface area contributed by atoms with Gasteiger partial charge in [-0.25, -0.2) is 9.18 Å². The van der Waals surface area contributed by atoms with Crippen LogP contribution in [0.15, 0.2) is 18.2 Å². The van der Waals surface area contributed by atoms with E-state index < -0.39 is 17.6 Å². The van der Waals surface area contributed by atoms with E-state index in [9.17, 15) is 14.0 Å². The second-order valence-corrected chi connectivity index (χ2v) is 2.99. The Morgan fingerprint density at radius 2 is 2.07 bits per heavy atom. The van der Waals surface area contributed by atoms with Crippen LogP contribution >= 0.6 is 0 Å². The fourth-order valence-corrected chi connectivity index (χ4v) is 1.01. The molecule has 1 rings (SSSR count). The number of benzene rings is 1. The highest BCUT2D eigenvalue weighted by Crippen LogP contribution is 2.09. The molecule has 1 aromatic rings. The van der Waals surface area contributed by atoms with Gasteiger partial charge in [0.05, 0.1) is 0 Å². The number of carboxylic acid groups (broad SMARTS) is 1. The van der Waals surface area contributed by atoms with Crippen molar-refractivity contribution in [3.63, 3.8) is 0 Å². The lowest BCUT2D eigenvalue weighted by Crippen LogP contribution is -2.15. The minimum Gasteiger partial charge on any atom is -0.475 e. The van der Waals surface area contributed by atoms with Crippen molar-refractivity contribution in [2.75, 3.05) is 0 Å². The Bertz CT molecular complexity index is 385. The molecule has 0 aliphatic heterocycles. The molecule has 0 aliphatic carbocycles. The van der Waals surface area contributed by atoms with E-state index in [4.69, 9.17) is 5.11 Å². The maximum Gasteiger partial charge on any atom is 0.372 e. The first-order valence-electron chi connectivity index (χ1n) is 4.02. The lowest BCUT2D eigenvalue weighted by molar-refractivity contribution is -0.148.